The topological polar surface area (TPSA) is 55.4 Å². The van der Waals surface area contributed by atoms with E-state index in [0.717, 1.165) is 22.8 Å². The second-order valence-corrected chi connectivity index (χ2v) is 7.83. The summed E-state index contributed by atoms with van der Waals surface area (Å²) in [5.74, 6) is -0.736. The third kappa shape index (κ3) is 4.18. The van der Waals surface area contributed by atoms with Gasteiger partial charge in [0.2, 0.25) is 10.0 Å². The molecule has 0 aliphatic carbocycles. The summed E-state index contributed by atoms with van der Waals surface area (Å²) < 4.78 is 47.4. The SMILES string of the molecule is COc1ccc(S(=O)(=O)N[C@@H](c2ccccc2)c2ccccc2C)cc1F. The highest BCUT2D eigenvalue weighted by atomic mass is 32.2. The van der Waals surface area contributed by atoms with Gasteiger partial charge >= 0.3 is 0 Å². The van der Waals surface area contributed by atoms with E-state index in [9.17, 15) is 12.8 Å². The maximum atomic E-state index is 14.0. The van der Waals surface area contributed by atoms with Gasteiger partial charge < -0.3 is 4.74 Å². The lowest BCUT2D eigenvalue weighted by molar-refractivity contribution is 0.385. The molecule has 1 atom stereocenters. The van der Waals surface area contributed by atoms with Crippen LogP contribution < -0.4 is 9.46 Å². The number of ether oxygens (including phenoxy) is 1. The van der Waals surface area contributed by atoms with Gasteiger partial charge in [0.05, 0.1) is 18.0 Å². The molecular weight excluding hydrogens is 365 g/mol. The molecule has 140 valence electrons. The molecule has 0 aliphatic heterocycles. The Kier molecular flexibility index (Phi) is 5.58. The number of hydrogen-bond acceptors (Lipinski definition) is 3. The molecule has 0 fully saturated rings. The number of sulfonamides is 1. The molecule has 0 saturated heterocycles. The summed E-state index contributed by atoms with van der Waals surface area (Å²) in [6.45, 7) is 1.92. The molecule has 3 aromatic carbocycles. The number of halogens is 1. The number of hydrogen-bond donors (Lipinski definition) is 1. The Morgan fingerprint density at radius 1 is 0.963 bits per heavy atom. The highest BCUT2D eigenvalue weighted by Crippen LogP contribution is 2.28. The lowest BCUT2D eigenvalue weighted by atomic mass is 9.96. The van der Waals surface area contributed by atoms with Crippen LogP contribution in [0.5, 0.6) is 5.75 Å². The van der Waals surface area contributed by atoms with Crippen molar-refractivity contribution in [2.45, 2.75) is 17.9 Å². The van der Waals surface area contributed by atoms with Gasteiger partial charge in [0, 0.05) is 0 Å². The van der Waals surface area contributed by atoms with Crippen LogP contribution >= 0.6 is 0 Å². The Hall–Kier alpha value is -2.70. The van der Waals surface area contributed by atoms with Crippen molar-refractivity contribution in [3.8, 4) is 5.75 Å². The van der Waals surface area contributed by atoms with Crippen LogP contribution in [0.1, 0.15) is 22.7 Å². The van der Waals surface area contributed by atoms with Crippen LogP contribution in [0.4, 0.5) is 4.39 Å². The largest absolute Gasteiger partial charge is 0.494 e. The molecule has 3 rings (SSSR count). The van der Waals surface area contributed by atoms with E-state index in [1.54, 1.807) is 0 Å². The van der Waals surface area contributed by atoms with Crippen molar-refractivity contribution in [3.05, 3.63) is 95.3 Å². The summed E-state index contributed by atoms with van der Waals surface area (Å²) in [5.41, 5.74) is 2.58. The third-order valence-corrected chi connectivity index (χ3v) is 5.76. The Balaban J connectivity index is 2.04. The molecule has 0 unspecified atom stereocenters. The first kappa shape index (κ1) is 19.1. The maximum absolute atomic E-state index is 14.0. The molecule has 0 spiro atoms. The van der Waals surface area contributed by atoms with Crippen molar-refractivity contribution < 1.29 is 17.5 Å². The van der Waals surface area contributed by atoms with Gasteiger partial charge in [-0.3, -0.25) is 0 Å². The smallest absolute Gasteiger partial charge is 0.241 e. The zero-order chi connectivity index (χ0) is 19.4. The van der Waals surface area contributed by atoms with Crippen LogP contribution in [0.2, 0.25) is 0 Å². The lowest BCUT2D eigenvalue weighted by Crippen LogP contribution is -2.30. The highest BCUT2D eigenvalue weighted by Gasteiger charge is 2.24. The van der Waals surface area contributed by atoms with Crippen LogP contribution in [0, 0.1) is 12.7 Å². The highest BCUT2D eigenvalue weighted by molar-refractivity contribution is 7.89. The molecule has 6 heteroatoms. The summed E-state index contributed by atoms with van der Waals surface area (Å²) in [6, 6.07) is 19.8. The van der Waals surface area contributed by atoms with E-state index >= 15 is 0 Å². The fourth-order valence-corrected chi connectivity index (χ4v) is 4.12. The number of nitrogens with one attached hydrogen (secondary N) is 1. The fraction of sp³-hybridized carbons (Fsp3) is 0.143. The quantitative estimate of drug-likeness (QED) is 0.692. The normalized spacial score (nSPS) is 12.6. The zero-order valence-corrected chi connectivity index (χ0v) is 15.8. The molecule has 3 aromatic rings. The van der Waals surface area contributed by atoms with Gasteiger partial charge in [-0.1, -0.05) is 54.6 Å². The maximum Gasteiger partial charge on any atom is 0.241 e. The lowest BCUT2D eigenvalue weighted by Gasteiger charge is -2.21. The number of aryl methyl sites for hydroxylation is 1. The predicted molar refractivity (Wildman–Crippen MR) is 103 cm³/mol. The van der Waals surface area contributed by atoms with Gasteiger partial charge in [0.25, 0.3) is 0 Å². The van der Waals surface area contributed by atoms with Gasteiger partial charge in [0.1, 0.15) is 0 Å². The molecule has 0 aliphatic rings. The van der Waals surface area contributed by atoms with E-state index in [1.807, 2.05) is 61.5 Å². The first-order chi connectivity index (χ1) is 12.9. The summed E-state index contributed by atoms with van der Waals surface area (Å²) in [4.78, 5) is -0.157. The molecule has 0 radical (unpaired) electrons. The van der Waals surface area contributed by atoms with Crippen molar-refractivity contribution in [2.75, 3.05) is 7.11 Å². The van der Waals surface area contributed by atoms with Gasteiger partial charge in [-0.05, 0) is 41.8 Å². The second-order valence-electron chi connectivity index (χ2n) is 6.12. The molecular formula is C21H20FNO3S. The van der Waals surface area contributed by atoms with Gasteiger partial charge in [0.15, 0.2) is 11.6 Å². The molecule has 4 nitrogen and oxygen atoms in total. The molecule has 27 heavy (non-hydrogen) atoms. The van der Waals surface area contributed by atoms with E-state index in [1.165, 1.54) is 19.2 Å². The van der Waals surface area contributed by atoms with Crippen molar-refractivity contribution in [1.29, 1.82) is 0 Å². The van der Waals surface area contributed by atoms with Crippen LogP contribution in [0.25, 0.3) is 0 Å². The van der Waals surface area contributed by atoms with Crippen LogP contribution in [-0.4, -0.2) is 15.5 Å². The van der Waals surface area contributed by atoms with Crippen molar-refractivity contribution >= 4 is 10.0 Å². The van der Waals surface area contributed by atoms with Crippen molar-refractivity contribution in [2.24, 2.45) is 0 Å². The third-order valence-electron chi connectivity index (χ3n) is 4.34. The Bertz CT molecular complexity index is 1040. The summed E-state index contributed by atoms with van der Waals surface area (Å²) in [5, 5.41) is 0. The molecule has 0 bridgehead atoms. The summed E-state index contributed by atoms with van der Waals surface area (Å²) >= 11 is 0. The van der Waals surface area contributed by atoms with Crippen LogP contribution in [0.3, 0.4) is 0 Å². The van der Waals surface area contributed by atoms with E-state index in [-0.39, 0.29) is 10.6 Å². The Labute approximate surface area is 158 Å². The first-order valence-electron chi connectivity index (χ1n) is 8.39. The number of rotatable bonds is 6. The minimum atomic E-state index is -3.97. The van der Waals surface area contributed by atoms with Gasteiger partial charge in [-0.25, -0.2) is 12.8 Å². The van der Waals surface area contributed by atoms with Crippen LogP contribution in [-0.2, 0) is 10.0 Å². The number of methoxy groups -OCH3 is 1. The minimum Gasteiger partial charge on any atom is -0.494 e. The molecule has 0 aromatic heterocycles. The predicted octanol–water partition coefficient (Wildman–Crippen LogP) is 4.21. The first-order valence-corrected chi connectivity index (χ1v) is 9.87. The molecule has 0 heterocycles. The monoisotopic (exact) mass is 385 g/mol. The average molecular weight is 385 g/mol. The standard InChI is InChI=1S/C21H20FNO3S/c1-15-8-6-7-11-18(15)21(16-9-4-3-5-10-16)23-27(24,25)17-12-13-20(26-2)19(22)14-17/h3-14,21,23H,1-2H3/t21-/m0/s1. The second kappa shape index (κ2) is 7.90. The fourth-order valence-electron chi connectivity index (χ4n) is 2.90. The number of benzene rings is 3. The van der Waals surface area contributed by atoms with E-state index < -0.39 is 21.9 Å². The van der Waals surface area contributed by atoms with E-state index in [2.05, 4.69) is 4.72 Å². The van der Waals surface area contributed by atoms with Crippen molar-refractivity contribution in [3.63, 3.8) is 0 Å². The summed E-state index contributed by atoms with van der Waals surface area (Å²) in [7, 11) is -2.64. The van der Waals surface area contributed by atoms with Gasteiger partial charge in [-0.15, -0.1) is 0 Å². The average Bonchev–Trinajstić information content (AvgIpc) is 2.67. The summed E-state index contributed by atoms with van der Waals surface area (Å²) in [6.07, 6.45) is 0. The Morgan fingerprint density at radius 2 is 1.63 bits per heavy atom. The van der Waals surface area contributed by atoms with E-state index in [4.69, 9.17) is 4.74 Å². The van der Waals surface area contributed by atoms with E-state index in [0.29, 0.717) is 0 Å². The molecule has 0 saturated carbocycles. The van der Waals surface area contributed by atoms with Crippen LogP contribution in [0.15, 0.2) is 77.7 Å². The molecule has 1 N–H and O–H groups in total. The van der Waals surface area contributed by atoms with Gasteiger partial charge in [-0.2, -0.15) is 4.72 Å². The van der Waals surface area contributed by atoms with Crippen molar-refractivity contribution in [1.82, 2.24) is 4.72 Å². The minimum absolute atomic E-state index is 0.00698. The molecule has 0 amide bonds. The zero-order valence-electron chi connectivity index (χ0n) is 15.0. The Morgan fingerprint density at radius 3 is 2.26 bits per heavy atom.